The van der Waals surface area contributed by atoms with Gasteiger partial charge in [0, 0.05) is 4.75 Å². The van der Waals surface area contributed by atoms with Crippen molar-refractivity contribution in [3.05, 3.63) is 0 Å². The highest BCUT2D eigenvalue weighted by Gasteiger charge is 2.19. The second-order valence-electron chi connectivity index (χ2n) is 2.98. The van der Waals surface area contributed by atoms with Crippen LogP contribution in [0.25, 0.3) is 0 Å². The van der Waals surface area contributed by atoms with Crippen molar-refractivity contribution in [2.75, 3.05) is 0 Å². The smallest absolute Gasteiger partial charge is 0.277 e. The molecule has 0 rings (SSSR count). The number of nitrogens with two attached hydrogens (primary N) is 1. The van der Waals surface area contributed by atoms with E-state index in [2.05, 4.69) is 5.16 Å². The van der Waals surface area contributed by atoms with Gasteiger partial charge in [0.2, 0.25) is 5.04 Å². The summed E-state index contributed by atoms with van der Waals surface area (Å²) in [6.07, 6.45) is 0. The van der Waals surface area contributed by atoms with E-state index in [9.17, 15) is 4.79 Å². The minimum absolute atomic E-state index is 0.0579. The van der Waals surface area contributed by atoms with Crippen LogP contribution in [0.5, 0.6) is 0 Å². The van der Waals surface area contributed by atoms with Crippen molar-refractivity contribution >= 4 is 22.7 Å². The van der Waals surface area contributed by atoms with Gasteiger partial charge in [0.1, 0.15) is 0 Å². The van der Waals surface area contributed by atoms with Crippen LogP contribution in [0.15, 0.2) is 5.16 Å². The lowest BCUT2D eigenvalue weighted by Gasteiger charge is -2.15. The largest absolute Gasteiger partial charge is 0.410 e. The molecule has 0 aliphatic heterocycles. The number of nitrogens with zero attached hydrogens (tertiary/aromatic N) is 1. The third-order valence-corrected chi connectivity index (χ3v) is 1.79. The normalized spacial score (nSPS) is 13.2. The van der Waals surface area contributed by atoms with Crippen LogP contribution < -0.4 is 5.73 Å². The van der Waals surface area contributed by atoms with Gasteiger partial charge in [-0.1, -0.05) is 37.7 Å². The molecule has 0 fully saturated rings. The summed E-state index contributed by atoms with van der Waals surface area (Å²) in [6.45, 7) is 5.68. The van der Waals surface area contributed by atoms with Crippen LogP contribution in [-0.2, 0) is 4.79 Å². The number of hydrogen-bond acceptors (Lipinski definition) is 4. The average molecular weight is 176 g/mol. The molecule has 1 amide bonds. The number of oxime groups is 1. The molecule has 11 heavy (non-hydrogen) atoms. The first-order valence-electron chi connectivity index (χ1n) is 3.07. The molecule has 0 bridgehead atoms. The molecule has 3 N–H and O–H groups in total. The average Bonchev–Trinajstić information content (AvgIpc) is 1.80. The maximum absolute atomic E-state index is 10.5. The SMILES string of the molecule is CC(C)(C)S/C(=N/O)C(N)=O. The molecule has 4 nitrogen and oxygen atoms in total. The van der Waals surface area contributed by atoms with Gasteiger partial charge in [-0.3, -0.25) is 4.79 Å². The van der Waals surface area contributed by atoms with Gasteiger partial charge in [0.25, 0.3) is 5.91 Å². The molecule has 0 atom stereocenters. The molecule has 0 heterocycles. The van der Waals surface area contributed by atoms with Gasteiger partial charge in [-0.05, 0) is 0 Å². The summed E-state index contributed by atoms with van der Waals surface area (Å²) in [5.41, 5.74) is 4.90. The van der Waals surface area contributed by atoms with Crippen LogP contribution in [-0.4, -0.2) is 20.9 Å². The summed E-state index contributed by atoms with van der Waals surface area (Å²) in [5.74, 6) is -0.701. The van der Waals surface area contributed by atoms with Crippen molar-refractivity contribution in [1.29, 1.82) is 0 Å². The maximum Gasteiger partial charge on any atom is 0.277 e. The quantitative estimate of drug-likeness (QED) is 0.248. The van der Waals surface area contributed by atoms with Crippen LogP contribution >= 0.6 is 11.8 Å². The summed E-state index contributed by atoms with van der Waals surface area (Å²) in [7, 11) is 0. The molecule has 0 radical (unpaired) electrons. The van der Waals surface area contributed by atoms with E-state index in [1.807, 2.05) is 20.8 Å². The highest BCUT2D eigenvalue weighted by atomic mass is 32.2. The van der Waals surface area contributed by atoms with Crippen molar-refractivity contribution in [2.45, 2.75) is 25.5 Å². The summed E-state index contributed by atoms with van der Waals surface area (Å²) in [5, 5.41) is 11.0. The lowest BCUT2D eigenvalue weighted by atomic mass is 10.3. The van der Waals surface area contributed by atoms with E-state index < -0.39 is 5.91 Å². The van der Waals surface area contributed by atoms with Gasteiger partial charge in [-0.2, -0.15) is 0 Å². The Bertz CT molecular complexity index is 184. The molecule has 0 aromatic heterocycles. The van der Waals surface area contributed by atoms with Crippen LogP contribution in [0.1, 0.15) is 20.8 Å². The van der Waals surface area contributed by atoms with Crippen molar-refractivity contribution in [3.63, 3.8) is 0 Å². The monoisotopic (exact) mass is 176 g/mol. The Balaban J connectivity index is 4.24. The lowest BCUT2D eigenvalue weighted by molar-refractivity contribution is -0.111. The van der Waals surface area contributed by atoms with E-state index in [0.717, 1.165) is 11.8 Å². The van der Waals surface area contributed by atoms with Crippen LogP contribution in [0.3, 0.4) is 0 Å². The first kappa shape index (κ1) is 10.3. The Labute approximate surface area is 69.8 Å². The maximum atomic E-state index is 10.5. The van der Waals surface area contributed by atoms with Crippen molar-refractivity contribution in [2.24, 2.45) is 10.9 Å². The second-order valence-corrected chi connectivity index (χ2v) is 4.80. The molecular weight excluding hydrogens is 164 g/mol. The van der Waals surface area contributed by atoms with E-state index in [1.54, 1.807) is 0 Å². The Hall–Kier alpha value is -0.710. The molecule has 0 unspecified atom stereocenters. The van der Waals surface area contributed by atoms with Crippen molar-refractivity contribution in [1.82, 2.24) is 0 Å². The zero-order valence-corrected chi connectivity index (χ0v) is 7.60. The zero-order chi connectivity index (χ0) is 9.07. The predicted octanol–water partition coefficient (Wildman–Crippen LogP) is 0.791. The number of hydrogen-bond donors (Lipinski definition) is 2. The number of rotatable bonds is 0. The first-order valence-corrected chi connectivity index (χ1v) is 3.89. The number of carbonyl (C=O) groups excluding carboxylic acids is 1. The van der Waals surface area contributed by atoms with Gasteiger partial charge in [0.05, 0.1) is 0 Å². The molecule has 0 aliphatic carbocycles. The molecule has 0 spiro atoms. The summed E-state index contributed by atoms with van der Waals surface area (Å²) in [6, 6.07) is 0. The Morgan fingerprint density at radius 1 is 1.55 bits per heavy atom. The Kier molecular flexibility index (Phi) is 3.38. The molecule has 64 valence electrons. The van der Waals surface area contributed by atoms with Gasteiger partial charge in [-0.25, -0.2) is 0 Å². The molecule has 5 heteroatoms. The number of thioether (sulfide) groups is 1. The predicted molar refractivity (Wildman–Crippen MR) is 45.8 cm³/mol. The standard InChI is InChI=1S/C6H12N2O2S/c1-6(2,3)11-5(8-10)4(7)9/h10H,1-3H3,(H2,7,9)/b8-5+. The minimum Gasteiger partial charge on any atom is -0.410 e. The zero-order valence-electron chi connectivity index (χ0n) is 6.79. The third-order valence-electron chi connectivity index (χ3n) is 0.704. The molecule has 0 aromatic carbocycles. The van der Waals surface area contributed by atoms with Gasteiger partial charge in [0.15, 0.2) is 0 Å². The van der Waals surface area contributed by atoms with Crippen LogP contribution in [0.2, 0.25) is 0 Å². The number of primary amides is 1. The fourth-order valence-electron chi connectivity index (χ4n) is 0.410. The number of amides is 1. The fourth-order valence-corrected chi connectivity index (χ4v) is 1.13. The minimum atomic E-state index is -0.701. The van der Waals surface area contributed by atoms with E-state index in [1.165, 1.54) is 0 Å². The van der Waals surface area contributed by atoms with E-state index in [-0.39, 0.29) is 9.79 Å². The Morgan fingerprint density at radius 3 is 2.09 bits per heavy atom. The molecule has 0 aromatic rings. The molecule has 0 saturated heterocycles. The summed E-state index contributed by atoms with van der Waals surface area (Å²) >= 11 is 1.14. The highest BCUT2D eigenvalue weighted by molar-refractivity contribution is 8.16. The van der Waals surface area contributed by atoms with E-state index in [0.29, 0.717) is 0 Å². The van der Waals surface area contributed by atoms with E-state index in [4.69, 9.17) is 10.9 Å². The van der Waals surface area contributed by atoms with Gasteiger partial charge < -0.3 is 10.9 Å². The van der Waals surface area contributed by atoms with Crippen LogP contribution in [0.4, 0.5) is 0 Å². The summed E-state index contributed by atoms with van der Waals surface area (Å²) in [4.78, 5) is 10.5. The van der Waals surface area contributed by atoms with E-state index >= 15 is 0 Å². The topological polar surface area (TPSA) is 75.7 Å². The third kappa shape index (κ3) is 4.66. The second kappa shape index (κ2) is 3.61. The molecular formula is C6H12N2O2S. The molecule has 0 aliphatic rings. The summed E-state index contributed by atoms with van der Waals surface area (Å²) < 4.78 is -0.170. The highest BCUT2D eigenvalue weighted by Crippen LogP contribution is 2.24. The van der Waals surface area contributed by atoms with Crippen molar-refractivity contribution in [3.8, 4) is 0 Å². The molecule has 0 saturated carbocycles. The lowest BCUT2D eigenvalue weighted by Crippen LogP contribution is -2.25. The van der Waals surface area contributed by atoms with Gasteiger partial charge >= 0.3 is 0 Å². The van der Waals surface area contributed by atoms with Crippen molar-refractivity contribution < 1.29 is 10.0 Å². The van der Waals surface area contributed by atoms with Crippen LogP contribution in [0, 0.1) is 0 Å². The first-order chi connectivity index (χ1) is 4.87. The van der Waals surface area contributed by atoms with Gasteiger partial charge in [-0.15, -0.1) is 0 Å². The Morgan fingerprint density at radius 2 is 2.00 bits per heavy atom. The number of carbonyl (C=O) groups is 1. The fraction of sp³-hybridized carbons (Fsp3) is 0.667.